The summed E-state index contributed by atoms with van der Waals surface area (Å²) in [5.41, 5.74) is -0.0408. The first-order chi connectivity index (χ1) is 9.75. The highest BCUT2D eigenvalue weighted by atomic mass is 32.2. The summed E-state index contributed by atoms with van der Waals surface area (Å²) >= 11 is 0. The molecule has 0 aliphatic heterocycles. The van der Waals surface area contributed by atoms with Crippen LogP contribution in [-0.4, -0.2) is 4.55 Å². The molecule has 0 fully saturated rings. The van der Waals surface area contributed by atoms with Gasteiger partial charge < -0.3 is 4.55 Å². The Kier molecular flexibility index (Phi) is 2.39. The van der Waals surface area contributed by atoms with Crippen molar-refractivity contribution in [1.29, 1.82) is 0 Å². The molecule has 1 aromatic heterocycles. The largest absolute Gasteiger partial charge is 0.590 e. The van der Waals surface area contributed by atoms with Gasteiger partial charge in [0.15, 0.2) is 9.40 Å². The minimum atomic E-state index is -1.29. The van der Waals surface area contributed by atoms with Crippen LogP contribution in [0.15, 0.2) is 65.5 Å². The van der Waals surface area contributed by atoms with Crippen molar-refractivity contribution in [2.24, 2.45) is 0 Å². The molecule has 2 nitrogen and oxygen atoms in total. The summed E-state index contributed by atoms with van der Waals surface area (Å²) in [5, 5.41) is 3.11. The number of hydrogen-bond acceptors (Lipinski definition) is 2. The van der Waals surface area contributed by atoms with Gasteiger partial charge in [0.05, 0.1) is 10.8 Å². The van der Waals surface area contributed by atoms with Gasteiger partial charge in [0.1, 0.15) is 0 Å². The molecule has 4 aromatic rings. The molecule has 1 heterocycles. The van der Waals surface area contributed by atoms with Crippen LogP contribution in [0.2, 0.25) is 0 Å². The van der Waals surface area contributed by atoms with Crippen LogP contribution >= 0.6 is 10.8 Å². The summed E-state index contributed by atoms with van der Waals surface area (Å²) in [6.45, 7) is 0. The molecule has 0 N–H and O–H groups in total. The first-order valence-corrected chi connectivity index (χ1v) is 7.49. The van der Waals surface area contributed by atoms with Crippen molar-refractivity contribution in [3.8, 4) is 0 Å². The predicted octanol–water partition coefficient (Wildman–Crippen LogP) is 4.23. The Morgan fingerprint density at radius 1 is 0.750 bits per heavy atom. The maximum absolute atomic E-state index is 12.7. The van der Waals surface area contributed by atoms with Crippen LogP contribution < -0.4 is 5.43 Å². The molecule has 0 bridgehead atoms. The lowest BCUT2D eigenvalue weighted by molar-refractivity contribution is 0.601. The summed E-state index contributed by atoms with van der Waals surface area (Å²) < 4.78 is 13.9. The molecule has 0 saturated heterocycles. The van der Waals surface area contributed by atoms with E-state index >= 15 is 0 Å². The van der Waals surface area contributed by atoms with Gasteiger partial charge in [0.25, 0.3) is 0 Å². The molecule has 0 spiro atoms. The fraction of sp³-hybridized carbons (Fsp3) is 0. The number of hydrogen-bond donors (Lipinski definition) is 0. The molecule has 3 aromatic carbocycles. The third-order valence-electron chi connectivity index (χ3n) is 3.62. The van der Waals surface area contributed by atoms with Gasteiger partial charge in [0, 0.05) is 6.07 Å². The summed E-state index contributed by atoms with van der Waals surface area (Å²) in [4.78, 5) is 12.6. The Hall–Kier alpha value is -2.23. The summed E-state index contributed by atoms with van der Waals surface area (Å²) in [6.07, 6.45) is 0. The van der Waals surface area contributed by atoms with Gasteiger partial charge >= 0.3 is 0 Å². The van der Waals surface area contributed by atoms with E-state index in [9.17, 15) is 9.35 Å². The molecule has 1 atom stereocenters. The van der Waals surface area contributed by atoms with Gasteiger partial charge in [-0.2, -0.15) is 0 Å². The Balaban J connectivity index is 2.35. The van der Waals surface area contributed by atoms with Crippen LogP contribution in [-0.2, 0) is 0 Å². The van der Waals surface area contributed by atoms with Gasteiger partial charge in [0.2, 0.25) is 5.43 Å². The zero-order chi connectivity index (χ0) is 13.7. The van der Waals surface area contributed by atoms with Crippen LogP contribution in [0.3, 0.4) is 0 Å². The molecule has 3 heteroatoms. The third-order valence-corrected chi connectivity index (χ3v) is 5.12. The second kappa shape index (κ2) is 4.13. The Morgan fingerprint density at radius 3 is 2.20 bits per heavy atom. The van der Waals surface area contributed by atoms with Gasteiger partial charge in [-0.25, -0.2) is 0 Å². The quantitative estimate of drug-likeness (QED) is 0.356. The number of rotatable bonds is 0. The van der Waals surface area contributed by atoms with E-state index in [-0.39, 0.29) is 5.43 Å². The average Bonchev–Trinajstić information content (AvgIpc) is 2.51. The van der Waals surface area contributed by atoms with Gasteiger partial charge in [-0.15, -0.1) is 0 Å². The zero-order valence-corrected chi connectivity index (χ0v) is 11.3. The van der Waals surface area contributed by atoms with E-state index in [2.05, 4.69) is 0 Å². The minimum Gasteiger partial charge on any atom is -0.590 e. The lowest BCUT2D eigenvalue weighted by Gasteiger charge is -2.05. The maximum Gasteiger partial charge on any atom is 0.203 e. The second-order valence-electron chi connectivity index (χ2n) is 4.79. The highest BCUT2D eigenvalue weighted by Gasteiger charge is 2.15. The standard InChI is InChI=1S/C17H10O2S/c18-17-13-7-3-4-8-15(13)20(19)16-10-12-6-2-1-5-11(12)9-14(16)17/h1-10H. The van der Waals surface area contributed by atoms with Gasteiger partial charge in [-0.1, -0.05) is 36.4 Å². The van der Waals surface area contributed by atoms with Gasteiger partial charge in [-0.05, 0) is 39.7 Å². The topological polar surface area (TPSA) is 40.1 Å². The molecular formula is C17H10O2S. The van der Waals surface area contributed by atoms with E-state index in [1.807, 2.05) is 42.5 Å². The monoisotopic (exact) mass is 278 g/mol. The second-order valence-corrected chi connectivity index (χ2v) is 6.21. The number of fused-ring (bicyclic) bond motifs is 3. The maximum atomic E-state index is 12.7. The van der Waals surface area contributed by atoms with Crippen LogP contribution in [0.4, 0.5) is 0 Å². The summed E-state index contributed by atoms with van der Waals surface area (Å²) in [7, 11) is -1.29. The Morgan fingerprint density at radius 2 is 1.40 bits per heavy atom. The molecule has 0 radical (unpaired) electrons. The van der Waals surface area contributed by atoms with E-state index in [4.69, 9.17) is 0 Å². The van der Waals surface area contributed by atoms with Crippen molar-refractivity contribution in [3.05, 3.63) is 70.9 Å². The molecule has 20 heavy (non-hydrogen) atoms. The van der Waals surface area contributed by atoms with E-state index in [0.717, 1.165) is 10.8 Å². The SMILES string of the molecule is O=c1c2ccccc2[s+]([O-])c2cc3ccccc3cc12. The van der Waals surface area contributed by atoms with Crippen LogP contribution in [0.1, 0.15) is 0 Å². The fourth-order valence-corrected chi connectivity index (χ4v) is 4.01. The van der Waals surface area contributed by atoms with E-state index in [1.54, 1.807) is 18.2 Å². The van der Waals surface area contributed by atoms with Crippen LogP contribution in [0.25, 0.3) is 30.9 Å². The zero-order valence-electron chi connectivity index (χ0n) is 10.5. The highest BCUT2D eigenvalue weighted by molar-refractivity contribution is 7.36. The average molecular weight is 278 g/mol. The van der Waals surface area contributed by atoms with Crippen LogP contribution in [0.5, 0.6) is 0 Å². The normalized spacial score (nSPS) is 12.3. The van der Waals surface area contributed by atoms with Gasteiger partial charge in [-0.3, -0.25) is 4.79 Å². The van der Waals surface area contributed by atoms with E-state index < -0.39 is 10.8 Å². The van der Waals surface area contributed by atoms with Crippen molar-refractivity contribution < 1.29 is 4.55 Å². The molecule has 0 amide bonds. The number of benzene rings is 3. The van der Waals surface area contributed by atoms with Crippen molar-refractivity contribution >= 4 is 41.7 Å². The molecule has 4 rings (SSSR count). The van der Waals surface area contributed by atoms with Crippen molar-refractivity contribution in [2.75, 3.05) is 0 Å². The van der Waals surface area contributed by atoms with E-state index in [1.165, 1.54) is 0 Å². The molecule has 0 aliphatic rings. The summed E-state index contributed by atoms with van der Waals surface area (Å²) in [5.74, 6) is 0. The summed E-state index contributed by atoms with van der Waals surface area (Å²) in [6, 6.07) is 18.7. The third kappa shape index (κ3) is 1.51. The highest BCUT2D eigenvalue weighted by Crippen LogP contribution is 2.34. The minimum absolute atomic E-state index is 0.0408. The fourth-order valence-electron chi connectivity index (χ4n) is 2.63. The molecule has 0 aliphatic carbocycles. The Bertz CT molecular complexity index is 1030. The molecular weight excluding hydrogens is 268 g/mol. The lowest BCUT2D eigenvalue weighted by Crippen LogP contribution is -2.02. The first-order valence-electron chi connectivity index (χ1n) is 6.34. The molecule has 0 saturated carbocycles. The van der Waals surface area contributed by atoms with Crippen LogP contribution in [0, 0.1) is 0 Å². The first kappa shape index (κ1) is 11.6. The Labute approximate surface area is 117 Å². The molecule has 1 unspecified atom stereocenters. The van der Waals surface area contributed by atoms with Crippen molar-refractivity contribution in [2.45, 2.75) is 0 Å². The smallest absolute Gasteiger partial charge is 0.203 e. The van der Waals surface area contributed by atoms with Crippen molar-refractivity contribution in [3.63, 3.8) is 0 Å². The van der Waals surface area contributed by atoms with Crippen molar-refractivity contribution in [1.82, 2.24) is 0 Å². The predicted molar refractivity (Wildman–Crippen MR) is 83.9 cm³/mol. The van der Waals surface area contributed by atoms with E-state index in [0.29, 0.717) is 20.2 Å². The lowest BCUT2D eigenvalue weighted by atomic mass is 10.1. The molecule has 96 valence electrons.